The van der Waals surface area contributed by atoms with E-state index in [-0.39, 0.29) is 23.7 Å². The van der Waals surface area contributed by atoms with E-state index in [1.54, 1.807) is 35.7 Å². The summed E-state index contributed by atoms with van der Waals surface area (Å²) < 4.78 is 16.2. The number of rotatable bonds is 3. The normalized spacial score (nSPS) is 15.0. The topological polar surface area (TPSA) is 113 Å². The Morgan fingerprint density at radius 2 is 2.14 bits per heavy atom. The molecule has 29 heavy (non-hydrogen) atoms. The van der Waals surface area contributed by atoms with E-state index in [1.165, 1.54) is 6.20 Å². The van der Waals surface area contributed by atoms with Gasteiger partial charge in [0.1, 0.15) is 12.4 Å². The van der Waals surface area contributed by atoms with Gasteiger partial charge in [0.05, 0.1) is 17.7 Å². The molecule has 1 amide bonds. The van der Waals surface area contributed by atoms with Gasteiger partial charge in [-0.3, -0.25) is 9.48 Å². The van der Waals surface area contributed by atoms with E-state index in [4.69, 9.17) is 11.0 Å². The maximum Gasteiger partial charge on any atom is 0.244 e. The number of nitriles is 1. The predicted molar refractivity (Wildman–Crippen MR) is 107 cm³/mol. The van der Waals surface area contributed by atoms with Crippen LogP contribution in [0.4, 0.5) is 21.7 Å². The number of halogens is 1. The highest BCUT2D eigenvalue weighted by Crippen LogP contribution is 2.32. The molecule has 4 rings (SSSR count). The van der Waals surface area contributed by atoms with Gasteiger partial charge in [-0.05, 0) is 24.4 Å². The summed E-state index contributed by atoms with van der Waals surface area (Å²) in [5.41, 5.74) is 7.12. The summed E-state index contributed by atoms with van der Waals surface area (Å²) in [5, 5.41) is 17.9. The van der Waals surface area contributed by atoms with Gasteiger partial charge in [0.2, 0.25) is 5.91 Å². The Labute approximate surface area is 166 Å². The number of anilines is 3. The Morgan fingerprint density at radius 1 is 1.34 bits per heavy atom. The maximum absolute atomic E-state index is 14.5. The number of hydrogen-bond acceptors (Lipinski definition) is 6. The quantitative estimate of drug-likeness (QED) is 0.661. The Morgan fingerprint density at radius 3 is 2.90 bits per heavy atom. The van der Waals surface area contributed by atoms with Crippen molar-refractivity contribution in [3.63, 3.8) is 0 Å². The first kappa shape index (κ1) is 18.7. The van der Waals surface area contributed by atoms with Gasteiger partial charge in [0.25, 0.3) is 0 Å². The van der Waals surface area contributed by atoms with E-state index >= 15 is 0 Å². The van der Waals surface area contributed by atoms with Crippen LogP contribution in [0.5, 0.6) is 0 Å². The van der Waals surface area contributed by atoms with Crippen LogP contribution in [-0.4, -0.2) is 39.2 Å². The maximum atomic E-state index is 14.5. The molecule has 0 saturated heterocycles. The van der Waals surface area contributed by atoms with Crippen molar-refractivity contribution < 1.29 is 9.18 Å². The Hall–Kier alpha value is -3.67. The zero-order valence-corrected chi connectivity index (χ0v) is 16.1. The van der Waals surface area contributed by atoms with Crippen molar-refractivity contribution in [2.45, 2.75) is 25.8 Å². The average Bonchev–Trinajstić information content (AvgIpc) is 3.03. The van der Waals surface area contributed by atoms with Gasteiger partial charge in [-0.15, -0.1) is 0 Å². The van der Waals surface area contributed by atoms with Crippen LogP contribution in [0.15, 0.2) is 24.4 Å². The standard InChI is InChI=1S/C20H20FN7O/c1-11(8-22)14-5-12-6-16(24-9-15(12)20(23)19(14)21)25-17-7-13-3-4-27(2)18(29)10-28(13)26-17/h5-7,9,11H,3-4,10,23H2,1-2H3,(H,24,25,26). The number of fused-ring (bicyclic) bond motifs is 2. The molecule has 1 aromatic carbocycles. The van der Waals surface area contributed by atoms with Crippen molar-refractivity contribution in [1.82, 2.24) is 19.7 Å². The Balaban J connectivity index is 1.67. The third kappa shape index (κ3) is 3.33. The molecule has 1 atom stereocenters. The van der Waals surface area contributed by atoms with E-state index in [1.807, 2.05) is 12.1 Å². The van der Waals surface area contributed by atoms with Crippen molar-refractivity contribution in [1.29, 1.82) is 5.26 Å². The zero-order valence-electron chi connectivity index (χ0n) is 16.1. The van der Waals surface area contributed by atoms with Crippen molar-refractivity contribution >= 4 is 34.0 Å². The smallest absolute Gasteiger partial charge is 0.244 e. The van der Waals surface area contributed by atoms with Crippen LogP contribution >= 0.6 is 0 Å². The monoisotopic (exact) mass is 393 g/mol. The van der Waals surface area contributed by atoms with Gasteiger partial charge in [-0.2, -0.15) is 10.4 Å². The second kappa shape index (κ2) is 7.05. The second-order valence-corrected chi connectivity index (χ2v) is 7.20. The molecular weight excluding hydrogens is 373 g/mol. The fourth-order valence-electron chi connectivity index (χ4n) is 3.41. The molecule has 1 aliphatic rings. The highest BCUT2D eigenvalue weighted by molar-refractivity contribution is 5.95. The van der Waals surface area contributed by atoms with Gasteiger partial charge in [-0.25, -0.2) is 9.37 Å². The lowest BCUT2D eigenvalue weighted by Gasteiger charge is -2.12. The van der Waals surface area contributed by atoms with Gasteiger partial charge in [0, 0.05) is 48.9 Å². The number of benzene rings is 1. The fourth-order valence-corrected chi connectivity index (χ4v) is 3.41. The minimum absolute atomic E-state index is 0.0128. The molecule has 3 aromatic rings. The van der Waals surface area contributed by atoms with Crippen LogP contribution in [-0.2, 0) is 17.8 Å². The van der Waals surface area contributed by atoms with E-state index in [0.717, 1.165) is 5.69 Å². The van der Waals surface area contributed by atoms with Crippen LogP contribution in [0, 0.1) is 17.1 Å². The molecule has 0 spiro atoms. The summed E-state index contributed by atoms with van der Waals surface area (Å²) in [6.45, 7) is 2.47. The van der Waals surface area contributed by atoms with Gasteiger partial charge in [0.15, 0.2) is 11.6 Å². The number of pyridine rings is 1. The summed E-state index contributed by atoms with van der Waals surface area (Å²) in [4.78, 5) is 18.0. The number of hydrogen-bond donors (Lipinski definition) is 2. The third-order valence-corrected chi connectivity index (χ3v) is 5.22. The summed E-state index contributed by atoms with van der Waals surface area (Å²) in [6.07, 6.45) is 2.21. The van der Waals surface area contributed by atoms with Crippen molar-refractivity contribution in [2.75, 3.05) is 24.6 Å². The van der Waals surface area contributed by atoms with E-state index in [9.17, 15) is 9.18 Å². The molecule has 0 radical (unpaired) electrons. The minimum Gasteiger partial charge on any atom is -0.396 e. The molecule has 1 unspecified atom stereocenters. The number of amides is 1. The van der Waals surface area contributed by atoms with Crippen molar-refractivity contribution in [3.05, 3.63) is 41.5 Å². The number of nitrogens with one attached hydrogen (secondary N) is 1. The summed E-state index contributed by atoms with van der Waals surface area (Å²) in [6, 6.07) is 7.29. The fraction of sp³-hybridized carbons (Fsp3) is 0.300. The summed E-state index contributed by atoms with van der Waals surface area (Å²) in [5.74, 6) is -0.105. The Kier molecular flexibility index (Phi) is 4.54. The number of carbonyl (C=O) groups is 1. The number of aromatic nitrogens is 3. The molecule has 0 saturated carbocycles. The molecular formula is C20H20FN7O. The molecule has 2 aromatic heterocycles. The lowest BCUT2D eigenvalue weighted by atomic mass is 9.97. The summed E-state index contributed by atoms with van der Waals surface area (Å²) >= 11 is 0. The van der Waals surface area contributed by atoms with Crippen LogP contribution in [0.25, 0.3) is 10.8 Å². The lowest BCUT2D eigenvalue weighted by molar-refractivity contribution is -0.130. The van der Waals surface area contributed by atoms with Gasteiger partial charge < -0.3 is 16.0 Å². The van der Waals surface area contributed by atoms with E-state index < -0.39 is 11.7 Å². The first-order chi connectivity index (χ1) is 13.9. The summed E-state index contributed by atoms with van der Waals surface area (Å²) in [7, 11) is 1.78. The minimum atomic E-state index is -0.620. The number of likely N-dealkylation sites (N-methyl/N-ethyl adjacent to an activating group) is 1. The number of nitrogens with zero attached hydrogens (tertiary/aromatic N) is 5. The van der Waals surface area contributed by atoms with Crippen LogP contribution < -0.4 is 11.1 Å². The zero-order chi connectivity index (χ0) is 20.7. The molecule has 1 aliphatic heterocycles. The molecule has 9 heteroatoms. The Bertz CT molecular complexity index is 1160. The van der Waals surface area contributed by atoms with Gasteiger partial charge in [-0.1, -0.05) is 0 Å². The molecule has 0 aliphatic carbocycles. The molecule has 148 valence electrons. The van der Waals surface area contributed by atoms with Gasteiger partial charge >= 0.3 is 0 Å². The first-order valence-electron chi connectivity index (χ1n) is 9.22. The highest BCUT2D eigenvalue weighted by Gasteiger charge is 2.20. The van der Waals surface area contributed by atoms with Crippen LogP contribution in [0.1, 0.15) is 24.1 Å². The first-order valence-corrected chi connectivity index (χ1v) is 9.22. The van der Waals surface area contributed by atoms with Crippen LogP contribution in [0.3, 0.4) is 0 Å². The number of carbonyl (C=O) groups excluding carboxylic acids is 1. The largest absolute Gasteiger partial charge is 0.396 e. The van der Waals surface area contributed by atoms with Crippen LogP contribution in [0.2, 0.25) is 0 Å². The molecule has 3 heterocycles. The average molecular weight is 393 g/mol. The SMILES string of the molecule is CC(C#N)c1cc2cc(Nc3cc4n(n3)CC(=O)N(C)CC4)ncc2c(N)c1F. The third-order valence-electron chi connectivity index (χ3n) is 5.22. The lowest BCUT2D eigenvalue weighted by Crippen LogP contribution is -2.29. The molecule has 8 nitrogen and oxygen atoms in total. The highest BCUT2D eigenvalue weighted by atomic mass is 19.1. The number of nitrogens with two attached hydrogens (primary N) is 1. The van der Waals surface area contributed by atoms with E-state index in [2.05, 4.69) is 15.4 Å². The second-order valence-electron chi connectivity index (χ2n) is 7.20. The van der Waals surface area contributed by atoms with Crippen molar-refractivity contribution in [2.24, 2.45) is 0 Å². The predicted octanol–water partition coefficient (Wildman–Crippen LogP) is 2.54. The van der Waals surface area contributed by atoms with E-state index in [0.29, 0.717) is 35.4 Å². The molecule has 0 fully saturated rings. The van der Waals surface area contributed by atoms with Crippen molar-refractivity contribution in [3.8, 4) is 6.07 Å². The molecule has 3 N–H and O–H groups in total. The number of nitrogen functional groups attached to an aromatic ring is 1. The molecule has 0 bridgehead atoms.